The Morgan fingerprint density at radius 3 is 2.07 bits per heavy atom. The first kappa shape index (κ1) is 28.2. The maximum Gasteiger partial charge on any atom is 0.301 e. The van der Waals surface area contributed by atoms with Crippen LogP contribution in [0, 0.1) is 0 Å². The van der Waals surface area contributed by atoms with Gasteiger partial charge in [-0.1, -0.05) is 37.3 Å². The monoisotopic (exact) mass is 572 g/mol. The quantitative estimate of drug-likeness (QED) is 0.119. The van der Waals surface area contributed by atoms with Gasteiger partial charge < -0.3 is 19.3 Å². The van der Waals surface area contributed by atoms with Gasteiger partial charge in [0.15, 0.2) is 5.13 Å². The summed E-state index contributed by atoms with van der Waals surface area (Å²) in [5.74, 6) is 0.239. The van der Waals surface area contributed by atoms with Crippen molar-refractivity contribution in [2.24, 2.45) is 0 Å². The normalized spacial score (nSPS) is 16.4. The summed E-state index contributed by atoms with van der Waals surface area (Å²) in [7, 11) is 0. The number of rotatable bonds is 11. The summed E-state index contributed by atoms with van der Waals surface area (Å²) < 4.78 is 17.8. The number of hydrogen-bond acceptors (Lipinski definition) is 8. The van der Waals surface area contributed by atoms with E-state index >= 15 is 0 Å². The van der Waals surface area contributed by atoms with Gasteiger partial charge >= 0.3 is 5.91 Å². The summed E-state index contributed by atoms with van der Waals surface area (Å²) in [6.07, 6.45) is 1.74. The largest absolute Gasteiger partial charge is 0.507 e. The second-order valence-electron chi connectivity index (χ2n) is 9.52. The van der Waals surface area contributed by atoms with Crippen molar-refractivity contribution in [1.29, 1.82) is 0 Å². The van der Waals surface area contributed by atoms with Gasteiger partial charge in [-0.15, -0.1) is 0 Å². The molecule has 9 heteroatoms. The molecule has 0 bridgehead atoms. The molecule has 1 N–H and O–H groups in total. The summed E-state index contributed by atoms with van der Waals surface area (Å²) >= 11 is 1.29. The van der Waals surface area contributed by atoms with E-state index in [1.807, 2.05) is 51.1 Å². The summed E-state index contributed by atoms with van der Waals surface area (Å²) in [5, 5.41) is 11.8. The Morgan fingerprint density at radius 1 is 0.854 bits per heavy atom. The molecule has 0 radical (unpaired) electrons. The first-order valence-electron chi connectivity index (χ1n) is 13.8. The zero-order chi connectivity index (χ0) is 28.9. The van der Waals surface area contributed by atoms with E-state index in [2.05, 4.69) is 0 Å². The van der Waals surface area contributed by atoms with Gasteiger partial charge in [-0.25, -0.2) is 4.98 Å². The number of hydrogen-bond donors (Lipinski definition) is 1. The van der Waals surface area contributed by atoms with Crippen LogP contribution in [-0.4, -0.2) is 41.6 Å². The van der Waals surface area contributed by atoms with Crippen molar-refractivity contribution < 1.29 is 28.9 Å². The van der Waals surface area contributed by atoms with Crippen molar-refractivity contribution in [3.63, 3.8) is 0 Å². The predicted molar refractivity (Wildman–Crippen MR) is 160 cm³/mol. The van der Waals surface area contributed by atoms with Crippen LogP contribution < -0.4 is 19.1 Å². The lowest BCUT2D eigenvalue weighted by molar-refractivity contribution is -0.132. The summed E-state index contributed by atoms with van der Waals surface area (Å²) in [6, 6.07) is 18.7. The molecule has 1 unspecified atom stereocenters. The third-order valence-corrected chi connectivity index (χ3v) is 7.60. The highest BCUT2D eigenvalue weighted by atomic mass is 32.1. The van der Waals surface area contributed by atoms with Gasteiger partial charge in [0.05, 0.1) is 41.7 Å². The predicted octanol–water partition coefficient (Wildman–Crippen LogP) is 6.90. The number of benzene rings is 3. The molecule has 1 amide bonds. The van der Waals surface area contributed by atoms with Crippen LogP contribution in [0.2, 0.25) is 0 Å². The molecule has 2 heterocycles. The van der Waals surface area contributed by atoms with Crippen LogP contribution in [-0.2, 0) is 9.59 Å². The average Bonchev–Trinajstić information content (AvgIpc) is 3.52. The fraction of sp³-hybridized carbons (Fsp3) is 0.281. The van der Waals surface area contributed by atoms with E-state index in [4.69, 9.17) is 19.2 Å². The molecule has 1 atom stereocenters. The number of anilines is 1. The number of ketones is 1. The Kier molecular flexibility index (Phi) is 8.54. The topological polar surface area (TPSA) is 98.2 Å². The van der Waals surface area contributed by atoms with Crippen molar-refractivity contribution in [1.82, 2.24) is 4.98 Å². The van der Waals surface area contributed by atoms with Gasteiger partial charge in [0.1, 0.15) is 23.0 Å². The van der Waals surface area contributed by atoms with Crippen molar-refractivity contribution >= 4 is 44.1 Å². The van der Waals surface area contributed by atoms with Crippen LogP contribution >= 0.6 is 11.3 Å². The van der Waals surface area contributed by atoms with Crippen molar-refractivity contribution in [2.45, 2.75) is 39.7 Å². The molecule has 1 aliphatic rings. The van der Waals surface area contributed by atoms with Crippen molar-refractivity contribution in [3.8, 4) is 17.2 Å². The number of aliphatic hydroxyl groups is 1. The van der Waals surface area contributed by atoms with Crippen molar-refractivity contribution in [2.75, 3.05) is 24.7 Å². The fourth-order valence-corrected chi connectivity index (χ4v) is 5.67. The second-order valence-corrected chi connectivity index (χ2v) is 10.5. The second kappa shape index (κ2) is 12.4. The lowest BCUT2D eigenvalue weighted by Crippen LogP contribution is -2.29. The number of aliphatic hydroxyl groups excluding tert-OH is 1. The molecule has 0 aliphatic carbocycles. The lowest BCUT2D eigenvalue weighted by atomic mass is 9.95. The smallest absolute Gasteiger partial charge is 0.301 e. The molecule has 1 aliphatic heterocycles. The first-order valence-corrected chi connectivity index (χ1v) is 14.6. The minimum Gasteiger partial charge on any atom is -0.507 e. The van der Waals surface area contributed by atoms with Crippen LogP contribution in [0.1, 0.15) is 50.8 Å². The number of fused-ring (bicyclic) bond motifs is 1. The van der Waals surface area contributed by atoms with E-state index in [1.165, 1.54) is 16.2 Å². The number of carbonyl (C=O) groups is 2. The van der Waals surface area contributed by atoms with Crippen LogP contribution in [0.25, 0.3) is 16.0 Å². The Morgan fingerprint density at radius 2 is 1.46 bits per heavy atom. The summed E-state index contributed by atoms with van der Waals surface area (Å²) in [6.45, 7) is 7.63. The van der Waals surface area contributed by atoms with E-state index in [0.717, 1.165) is 17.5 Å². The average molecular weight is 573 g/mol. The maximum atomic E-state index is 13.6. The number of Topliss-reactive ketones (excluding diaryl/α,β-unsaturated/α-hetero) is 1. The van der Waals surface area contributed by atoms with Crippen LogP contribution in [0.4, 0.5) is 5.13 Å². The van der Waals surface area contributed by atoms with Gasteiger partial charge in [-0.3, -0.25) is 14.5 Å². The molecular weight excluding hydrogens is 540 g/mol. The minimum atomic E-state index is -0.891. The van der Waals surface area contributed by atoms with Crippen LogP contribution in [0.15, 0.2) is 72.3 Å². The lowest BCUT2D eigenvalue weighted by Gasteiger charge is -2.23. The molecule has 1 saturated heterocycles. The molecule has 3 aromatic carbocycles. The first-order chi connectivity index (χ1) is 19.9. The van der Waals surface area contributed by atoms with E-state index in [9.17, 15) is 14.7 Å². The number of ether oxygens (including phenoxy) is 3. The molecule has 0 saturated carbocycles. The Balaban J connectivity index is 1.61. The Labute approximate surface area is 242 Å². The zero-order valence-electron chi connectivity index (χ0n) is 23.3. The Bertz CT molecular complexity index is 1580. The van der Waals surface area contributed by atoms with E-state index in [0.29, 0.717) is 58.8 Å². The van der Waals surface area contributed by atoms with Crippen LogP contribution in [0.3, 0.4) is 0 Å². The molecule has 1 fully saturated rings. The molecule has 41 heavy (non-hydrogen) atoms. The van der Waals surface area contributed by atoms with E-state index in [-0.39, 0.29) is 11.3 Å². The van der Waals surface area contributed by atoms with E-state index < -0.39 is 17.7 Å². The molecule has 1 aromatic heterocycles. The number of nitrogens with zero attached hydrogens (tertiary/aromatic N) is 2. The molecule has 212 valence electrons. The fourth-order valence-electron chi connectivity index (χ4n) is 4.65. The number of carbonyl (C=O) groups excluding carboxylic acids is 2. The van der Waals surface area contributed by atoms with Crippen LogP contribution in [0.5, 0.6) is 17.2 Å². The standard InChI is InChI=1S/C32H32N2O6S/c1-4-17-39-22-11-7-20(8-12-22)28-27(29(35)21-9-13-23(14-10-21)40-18-5-2)30(36)31(37)34(28)32-33-25-16-15-24(38-6-3)19-26(25)41-32/h7-16,19,28,35H,4-6,17-18H2,1-3H3/b29-27+. The van der Waals surface area contributed by atoms with E-state index in [1.54, 1.807) is 36.4 Å². The van der Waals surface area contributed by atoms with Gasteiger partial charge in [0.25, 0.3) is 5.78 Å². The highest BCUT2D eigenvalue weighted by molar-refractivity contribution is 7.22. The minimum absolute atomic E-state index is 0.00582. The third kappa shape index (κ3) is 5.76. The summed E-state index contributed by atoms with van der Waals surface area (Å²) in [5.41, 5.74) is 1.73. The zero-order valence-corrected chi connectivity index (χ0v) is 24.1. The number of amides is 1. The highest BCUT2D eigenvalue weighted by Crippen LogP contribution is 2.45. The van der Waals surface area contributed by atoms with Gasteiger partial charge in [-0.2, -0.15) is 0 Å². The highest BCUT2D eigenvalue weighted by Gasteiger charge is 2.48. The van der Waals surface area contributed by atoms with Gasteiger partial charge in [0.2, 0.25) is 0 Å². The molecular formula is C32H32N2O6S. The molecule has 4 aromatic rings. The molecule has 5 rings (SSSR count). The molecule has 8 nitrogen and oxygen atoms in total. The SMILES string of the molecule is CCCOc1ccc(/C(O)=C2\C(=O)C(=O)N(c3nc4ccc(OCC)cc4s3)C2c2ccc(OCCC)cc2)cc1. The number of thiazole rings is 1. The summed E-state index contributed by atoms with van der Waals surface area (Å²) in [4.78, 5) is 33.2. The third-order valence-electron chi connectivity index (χ3n) is 6.58. The van der Waals surface area contributed by atoms with Gasteiger partial charge in [-0.05, 0) is 79.9 Å². The molecule has 0 spiro atoms. The van der Waals surface area contributed by atoms with Gasteiger partial charge in [0, 0.05) is 5.56 Å². The Hall–Kier alpha value is -4.37. The van der Waals surface area contributed by atoms with Crippen molar-refractivity contribution in [3.05, 3.63) is 83.4 Å². The number of aromatic nitrogens is 1. The maximum absolute atomic E-state index is 13.6.